The van der Waals surface area contributed by atoms with Crippen molar-refractivity contribution in [2.45, 2.75) is 98.2 Å². The van der Waals surface area contributed by atoms with E-state index in [2.05, 4.69) is 92.2 Å². The SMILES string of the molecule is CC(C)CCN[C@@H](CC(C)C)C(=O)N[C@H](Cc1ccc(CCc2ccccc2)cc1)C(=O)NC(C)(C)C. The first kappa shape index (κ1) is 30.6. The van der Waals surface area contributed by atoms with E-state index in [0.29, 0.717) is 18.3 Å². The minimum Gasteiger partial charge on any atom is -0.350 e. The third-order valence-electron chi connectivity index (χ3n) is 6.28. The molecule has 0 aromatic heterocycles. The summed E-state index contributed by atoms with van der Waals surface area (Å²) in [5, 5.41) is 9.57. The zero-order chi connectivity index (χ0) is 27.4. The third-order valence-corrected chi connectivity index (χ3v) is 6.28. The molecule has 0 aliphatic rings. The predicted octanol–water partition coefficient (Wildman–Crippen LogP) is 5.46. The molecule has 2 aromatic rings. The molecule has 2 rings (SSSR count). The highest BCUT2D eigenvalue weighted by molar-refractivity contribution is 5.90. The zero-order valence-corrected chi connectivity index (χ0v) is 24.1. The molecule has 2 atom stereocenters. The Hall–Kier alpha value is -2.66. The predicted molar refractivity (Wildman–Crippen MR) is 155 cm³/mol. The molecule has 0 aliphatic heterocycles. The van der Waals surface area contributed by atoms with Gasteiger partial charge in [-0.1, -0.05) is 82.3 Å². The molecule has 0 bridgehead atoms. The quantitative estimate of drug-likeness (QED) is 0.318. The van der Waals surface area contributed by atoms with Crippen LogP contribution in [-0.2, 0) is 28.9 Å². The van der Waals surface area contributed by atoms with E-state index < -0.39 is 6.04 Å². The molecule has 0 fully saturated rings. The number of aryl methyl sites for hydroxylation is 2. The number of nitrogens with one attached hydrogen (secondary N) is 3. The van der Waals surface area contributed by atoms with Crippen LogP contribution in [-0.4, -0.2) is 36.0 Å². The molecule has 2 aromatic carbocycles. The van der Waals surface area contributed by atoms with Crippen molar-refractivity contribution in [2.24, 2.45) is 11.8 Å². The van der Waals surface area contributed by atoms with Gasteiger partial charge in [-0.25, -0.2) is 0 Å². The molecule has 37 heavy (non-hydrogen) atoms. The highest BCUT2D eigenvalue weighted by atomic mass is 16.2. The van der Waals surface area contributed by atoms with Gasteiger partial charge in [0.1, 0.15) is 6.04 Å². The maximum atomic E-state index is 13.3. The lowest BCUT2D eigenvalue weighted by molar-refractivity contribution is -0.131. The summed E-state index contributed by atoms with van der Waals surface area (Å²) < 4.78 is 0. The van der Waals surface area contributed by atoms with Crippen LogP contribution in [0.2, 0.25) is 0 Å². The second-order valence-electron chi connectivity index (χ2n) is 12.1. The molecule has 0 unspecified atom stereocenters. The third kappa shape index (κ3) is 12.4. The van der Waals surface area contributed by atoms with E-state index in [0.717, 1.165) is 37.8 Å². The first-order valence-corrected chi connectivity index (χ1v) is 13.9. The van der Waals surface area contributed by atoms with Crippen molar-refractivity contribution in [1.82, 2.24) is 16.0 Å². The summed E-state index contributed by atoms with van der Waals surface area (Å²) in [5.41, 5.74) is 3.24. The molecule has 2 amide bonds. The summed E-state index contributed by atoms with van der Waals surface area (Å²) in [6.07, 6.45) is 4.15. The molecule has 0 spiro atoms. The van der Waals surface area contributed by atoms with Crippen LogP contribution in [0.5, 0.6) is 0 Å². The van der Waals surface area contributed by atoms with E-state index in [1.165, 1.54) is 11.1 Å². The second-order valence-corrected chi connectivity index (χ2v) is 12.1. The molecular formula is C32H49N3O2. The van der Waals surface area contributed by atoms with Gasteiger partial charge >= 0.3 is 0 Å². The van der Waals surface area contributed by atoms with Crippen LogP contribution in [0.3, 0.4) is 0 Å². The molecular weight excluding hydrogens is 458 g/mol. The maximum Gasteiger partial charge on any atom is 0.243 e. The Morgan fingerprint density at radius 3 is 1.84 bits per heavy atom. The number of benzene rings is 2. The smallest absolute Gasteiger partial charge is 0.243 e. The molecule has 0 saturated heterocycles. The molecule has 3 N–H and O–H groups in total. The summed E-state index contributed by atoms with van der Waals surface area (Å²) in [5.74, 6) is 0.675. The van der Waals surface area contributed by atoms with E-state index in [4.69, 9.17) is 0 Å². The van der Waals surface area contributed by atoms with Crippen LogP contribution in [0, 0.1) is 11.8 Å². The summed E-state index contributed by atoms with van der Waals surface area (Å²) in [6.45, 7) is 15.3. The van der Waals surface area contributed by atoms with Gasteiger partial charge in [-0.3, -0.25) is 9.59 Å². The molecule has 0 aliphatic carbocycles. The number of hydrogen-bond donors (Lipinski definition) is 3. The summed E-state index contributed by atoms with van der Waals surface area (Å²) >= 11 is 0. The highest BCUT2D eigenvalue weighted by Gasteiger charge is 2.28. The van der Waals surface area contributed by atoms with Crippen molar-refractivity contribution in [3.8, 4) is 0 Å². The Morgan fingerprint density at radius 2 is 1.30 bits per heavy atom. The van der Waals surface area contributed by atoms with Gasteiger partial charge in [-0.15, -0.1) is 0 Å². The van der Waals surface area contributed by atoms with Gasteiger partial charge in [-0.2, -0.15) is 0 Å². The zero-order valence-electron chi connectivity index (χ0n) is 24.1. The van der Waals surface area contributed by atoms with Gasteiger partial charge in [0.25, 0.3) is 0 Å². The Kier molecular flexibility index (Phi) is 12.3. The normalized spacial score (nSPS) is 13.4. The minimum atomic E-state index is -0.636. The molecule has 204 valence electrons. The van der Waals surface area contributed by atoms with Crippen molar-refractivity contribution in [3.05, 3.63) is 71.3 Å². The molecule has 0 radical (unpaired) electrons. The van der Waals surface area contributed by atoms with Crippen LogP contribution in [0.15, 0.2) is 54.6 Å². The minimum absolute atomic E-state index is 0.106. The molecule has 0 saturated carbocycles. The van der Waals surface area contributed by atoms with Crippen molar-refractivity contribution in [1.29, 1.82) is 0 Å². The van der Waals surface area contributed by atoms with Gasteiger partial charge < -0.3 is 16.0 Å². The average molecular weight is 508 g/mol. The van der Waals surface area contributed by atoms with Gasteiger partial charge in [0, 0.05) is 12.0 Å². The van der Waals surface area contributed by atoms with Gasteiger partial charge in [-0.05, 0) is 81.5 Å². The van der Waals surface area contributed by atoms with Crippen LogP contribution in [0.1, 0.15) is 78.0 Å². The lowest BCUT2D eigenvalue weighted by Crippen LogP contribution is -2.56. The van der Waals surface area contributed by atoms with Crippen molar-refractivity contribution in [3.63, 3.8) is 0 Å². The Morgan fingerprint density at radius 1 is 0.730 bits per heavy atom. The first-order chi connectivity index (χ1) is 17.4. The van der Waals surface area contributed by atoms with Crippen LogP contribution in [0.25, 0.3) is 0 Å². The van der Waals surface area contributed by atoms with Crippen LogP contribution < -0.4 is 16.0 Å². The maximum absolute atomic E-state index is 13.3. The molecule has 5 heteroatoms. The number of amides is 2. The monoisotopic (exact) mass is 507 g/mol. The lowest BCUT2D eigenvalue weighted by Gasteiger charge is -2.28. The van der Waals surface area contributed by atoms with Gasteiger partial charge in [0.05, 0.1) is 6.04 Å². The number of hydrogen-bond acceptors (Lipinski definition) is 3. The van der Waals surface area contributed by atoms with Crippen LogP contribution >= 0.6 is 0 Å². The number of carbonyl (C=O) groups is 2. The molecule has 0 heterocycles. The fourth-order valence-corrected chi connectivity index (χ4v) is 4.25. The summed E-state index contributed by atoms with van der Waals surface area (Å²) in [7, 11) is 0. The topological polar surface area (TPSA) is 70.2 Å². The van der Waals surface area contributed by atoms with E-state index in [1.54, 1.807) is 0 Å². The summed E-state index contributed by atoms with van der Waals surface area (Å²) in [6, 6.07) is 18.0. The highest BCUT2D eigenvalue weighted by Crippen LogP contribution is 2.13. The van der Waals surface area contributed by atoms with Crippen LogP contribution in [0.4, 0.5) is 0 Å². The second kappa shape index (κ2) is 14.9. The Labute approximate surface area is 225 Å². The Balaban J connectivity index is 2.10. The van der Waals surface area contributed by atoms with E-state index in [-0.39, 0.29) is 23.4 Å². The standard InChI is InChI=1S/C32H49N3O2/c1-23(2)19-20-33-28(21-24(3)4)30(36)34-29(31(37)35-32(5,6)7)22-27-17-15-26(16-18-27)14-13-25-11-9-8-10-12-25/h8-12,15-18,23-24,28-29,33H,13-14,19-22H2,1-7H3,(H,34,36)(H,35,37)/t28-,29+/m0/s1. The molecule has 5 nitrogen and oxygen atoms in total. The van der Waals surface area contributed by atoms with E-state index in [9.17, 15) is 9.59 Å². The fourth-order valence-electron chi connectivity index (χ4n) is 4.25. The fraction of sp³-hybridized carbons (Fsp3) is 0.562. The van der Waals surface area contributed by atoms with Gasteiger partial charge in [0.15, 0.2) is 0 Å². The number of carbonyl (C=O) groups excluding carboxylic acids is 2. The van der Waals surface area contributed by atoms with Crippen molar-refractivity contribution in [2.75, 3.05) is 6.54 Å². The first-order valence-electron chi connectivity index (χ1n) is 13.9. The van der Waals surface area contributed by atoms with E-state index >= 15 is 0 Å². The number of rotatable bonds is 14. The van der Waals surface area contributed by atoms with Gasteiger partial charge in [0.2, 0.25) is 11.8 Å². The lowest BCUT2D eigenvalue weighted by atomic mass is 9.98. The average Bonchev–Trinajstić information content (AvgIpc) is 2.81. The van der Waals surface area contributed by atoms with E-state index in [1.807, 2.05) is 26.8 Å². The summed E-state index contributed by atoms with van der Waals surface area (Å²) in [4.78, 5) is 26.6. The Bertz CT molecular complexity index is 946. The largest absolute Gasteiger partial charge is 0.350 e. The van der Waals surface area contributed by atoms with Crippen molar-refractivity contribution < 1.29 is 9.59 Å². The van der Waals surface area contributed by atoms with Crippen molar-refractivity contribution >= 4 is 11.8 Å².